The van der Waals surface area contributed by atoms with Crippen LogP contribution in [-0.4, -0.2) is 42.0 Å². The molecule has 2 aromatic heterocycles. The van der Waals surface area contributed by atoms with Crippen LogP contribution in [0.1, 0.15) is 18.7 Å². The van der Waals surface area contributed by atoms with Crippen molar-refractivity contribution in [2.24, 2.45) is 0 Å². The zero-order valence-electron chi connectivity index (χ0n) is 15.8. The van der Waals surface area contributed by atoms with E-state index in [-0.39, 0.29) is 24.1 Å². The van der Waals surface area contributed by atoms with Gasteiger partial charge in [0.1, 0.15) is 5.82 Å². The average Bonchev–Trinajstić information content (AvgIpc) is 3.32. The lowest BCUT2D eigenvalue weighted by molar-refractivity contribution is -0.114. The molecule has 0 radical (unpaired) electrons. The van der Waals surface area contributed by atoms with Crippen LogP contribution < -0.4 is 4.90 Å². The number of carbonyl (C=O) groups is 1. The Morgan fingerprint density at radius 1 is 1.21 bits per heavy atom. The van der Waals surface area contributed by atoms with Gasteiger partial charge in [0, 0.05) is 24.0 Å². The third-order valence-corrected chi connectivity index (χ3v) is 6.18. The van der Waals surface area contributed by atoms with Crippen LogP contribution in [0.15, 0.2) is 41.8 Å². The molecule has 0 unspecified atom stereocenters. The first kappa shape index (κ1) is 22.5. The predicted molar refractivity (Wildman–Crippen MR) is 120 cm³/mol. The van der Waals surface area contributed by atoms with Gasteiger partial charge in [-0.05, 0) is 48.8 Å². The molecule has 2 heterocycles. The number of rotatable bonds is 8. The third kappa shape index (κ3) is 5.61. The van der Waals surface area contributed by atoms with Gasteiger partial charge in [0.2, 0.25) is 0 Å². The fourth-order valence-corrected chi connectivity index (χ4v) is 4.35. The Morgan fingerprint density at radius 2 is 2.00 bits per heavy atom. The van der Waals surface area contributed by atoms with E-state index in [1.165, 1.54) is 23.5 Å². The lowest BCUT2D eigenvalue weighted by Gasteiger charge is -2.23. The van der Waals surface area contributed by atoms with Gasteiger partial charge in [-0.15, -0.1) is 23.7 Å². The van der Waals surface area contributed by atoms with Crippen LogP contribution in [0.4, 0.5) is 9.52 Å². The first-order valence-electron chi connectivity index (χ1n) is 8.92. The van der Waals surface area contributed by atoms with Crippen LogP contribution in [0.3, 0.4) is 0 Å². The fourth-order valence-electron chi connectivity index (χ4n) is 2.71. The molecule has 150 valence electrons. The Balaban J connectivity index is 0.00000280. The number of amides is 1. The lowest BCUT2D eigenvalue weighted by Crippen LogP contribution is -2.38. The van der Waals surface area contributed by atoms with Crippen LogP contribution in [0.25, 0.3) is 16.3 Å². The fraction of sp³-hybridized carbons (Fsp3) is 0.300. The van der Waals surface area contributed by atoms with Gasteiger partial charge in [-0.1, -0.05) is 31.3 Å². The van der Waals surface area contributed by atoms with Crippen molar-refractivity contribution in [3.63, 3.8) is 0 Å². The topological polar surface area (TPSA) is 36.4 Å². The highest BCUT2D eigenvalue weighted by atomic mass is 35.5. The van der Waals surface area contributed by atoms with Gasteiger partial charge in [0.15, 0.2) is 5.13 Å². The van der Waals surface area contributed by atoms with Gasteiger partial charge < -0.3 is 4.90 Å². The Bertz CT molecular complexity index is 923. The molecule has 0 atom stereocenters. The maximum absolute atomic E-state index is 13.5. The molecule has 28 heavy (non-hydrogen) atoms. The monoisotopic (exact) mass is 439 g/mol. The van der Waals surface area contributed by atoms with E-state index in [1.807, 2.05) is 23.6 Å². The molecule has 0 aliphatic carbocycles. The number of hydrogen-bond acceptors (Lipinski definition) is 5. The van der Waals surface area contributed by atoms with Crippen molar-refractivity contribution in [3.8, 4) is 0 Å². The molecule has 0 saturated heterocycles. The summed E-state index contributed by atoms with van der Waals surface area (Å²) in [5.74, 6) is -0.411. The van der Waals surface area contributed by atoms with E-state index in [1.54, 1.807) is 28.4 Å². The molecule has 0 bridgehead atoms. The van der Waals surface area contributed by atoms with E-state index in [0.29, 0.717) is 17.2 Å². The molecule has 0 N–H and O–H groups in total. The zero-order valence-corrected chi connectivity index (χ0v) is 18.2. The van der Waals surface area contributed by atoms with Gasteiger partial charge >= 0.3 is 0 Å². The number of anilines is 1. The highest BCUT2D eigenvalue weighted by Gasteiger charge is 2.19. The largest absolute Gasteiger partial charge is 0.302 e. The summed E-state index contributed by atoms with van der Waals surface area (Å²) < 4.78 is 14.3. The van der Waals surface area contributed by atoms with Gasteiger partial charge in [-0.3, -0.25) is 9.69 Å². The van der Waals surface area contributed by atoms with E-state index in [9.17, 15) is 9.18 Å². The van der Waals surface area contributed by atoms with Gasteiger partial charge in [0.05, 0.1) is 10.2 Å². The number of nitrogens with zero attached hydrogens (tertiary/aromatic N) is 3. The minimum absolute atomic E-state index is 0. The van der Waals surface area contributed by atoms with E-state index >= 15 is 0 Å². The number of hydrogen-bond donors (Lipinski definition) is 0. The molecule has 4 nitrogen and oxygen atoms in total. The highest BCUT2D eigenvalue weighted by Crippen LogP contribution is 2.29. The number of halogens is 2. The van der Waals surface area contributed by atoms with Crippen LogP contribution in [-0.2, 0) is 4.79 Å². The van der Waals surface area contributed by atoms with E-state index in [2.05, 4.69) is 23.7 Å². The van der Waals surface area contributed by atoms with E-state index in [0.717, 1.165) is 29.2 Å². The third-order valence-electron chi connectivity index (χ3n) is 4.30. The van der Waals surface area contributed by atoms with Crippen molar-refractivity contribution in [2.75, 3.05) is 31.1 Å². The number of benzene rings is 1. The SMILES string of the molecule is CCN(CC)CCN(C(=O)/C=C/c1cccs1)c1nc2ccc(F)cc2s1.Cl. The molecule has 3 aromatic rings. The van der Waals surface area contributed by atoms with E-state index in [4.69, 9.17) is 0 Å². The van der Waals surface area contributed by atoms with Gasteiger partial charge in [-0.25, -0.2) is 9.37 Å². The molecule has 0 aliphatic heterocycles. The summed E-state index contributed by atoms with van der Waals surface area (Å²) in [7, 11) is 0. The molecular weight excluding hydrogens is 417 g/mol. The smallest absolute Gasteiger partial charge is 0.252 e. The summed E-state index contributed by atoms with van der Waals surface area (Å²) in [4.78, 5) is 22.4. The van der Waals surface area contributed by atoms with Crippen LogP contribution in [0, 0.1) is 5.82 Å². The summed E-state index contributed by atoms with van der Waals surface area (Å²) in [6, 6.07) is 8.43. The van der Waals surface area contributed by atoms with Crippen LogP contribution >= 0.6 is 35.1 Å². The number of aromatic nitrogens is 1. The lowest BCUT2D eigenvalue weighted by atomic mass is 10.3. The Kier molecular flexibility index (Phi) is 8.57. The number of carbonyl (C=O) groups excluding carboxylic acids is 1. The maximum Gasteiger partial charge on any atom is 0.252 e. The number of thiophene rings is 1. The van der Waals surface area contributed by atoms with Gasteiger partial charge in [-0.2, -0.15) is 0 Å². The second-order valence-electron chi connectivity index (χ2n) is 5.97. The van der Waals surface area contributed by atoms with Crippen molar-refractivity contribution in [1.29, 1.82) is 0 Å². The first-order valence-corrected chi connectivity index (χ1v) is 10.6. The minimum atomic E-state index is -0.295. The molecule has 3 rings (SSSR count). The molecule has 0 fully saturated rings. The summed E-state index contributed by atoms with van der Waals surface area (Å²) in [6.07, 6.45) is 3.41. The van der Waals surface area contributed by atoms with Crippen molar-refractivity contribution in [2.45, 2.75) is 13.8 Å². The molecule has 1 amide bonds. The molecule has 0 saturated carbocycles. The minimum Gasteiger partial charge on any atom is -0.302 e. The Morgan fingerprint density at radius 3 is 2.68 bits per heavy atom. The first-order chi connectivity index (χ1) is 13.1. The molecule has 0 spiro atoms. The molecule has 1 aromatic carbocycles. The standard InChI is InChI=1S/C20H22FN3OS2.ClH/c1-3-23(4-2)11-12-24(19(25)10-8-16-6-5-13-26-16)20-22-17-9-7-15(21)14-18(17)27-20;/h5-10,13-14H,3-4,11-12H2,1-2H3;1H/b10-8+;. The summed E-state index contributed by atoms with van der Waals surface area (Å²) in [5, 5.41) is 2.58. The second-order valence-corrected chi connectivity index (χ2v) is 7.96. The summed E-state index contributed by atoms with van der Waals surface area (Å²) >= 11 is 2.93. The average molecular weight is 440 g/mol. The molecular formula is C20H23ClFN3OS2. The normalized spacial score (nSPS) is 11.3. The second kappa shape index (κ2) is 10.7. The Hall–Kier alpha value is -1.80. The predicted octanol–water partition coefficient (Wildman–Crippen LogP) is 5.31. The maximum atomic E-state index is 13.5. The molecule has 8 heteroatoms. The zero-order chi connectivity index (χ0) is 19.2. The van der Waals surface area contributed by atoms with Crippen molar-refractivity contribution < 1.29 is 9.18 Å². The van der Waals surface area contributed by atoms with Crippen LogP contribution in [0.5, 0.6) is 0 Å². The number of likely N-dealkylation sites (N-methyl/N-ethyl adjacent to an activating group) is 1. The van der Waals surface area contributed by atoms with Crippen molar-refractivity contribution >= 4 is 62.4 Å². The van der Waals surface area contributed by atoms with Gasteiger partial charge in [0.25, 0.3) is 5.91 Å². The molecule has 0 aliphatic rings. The summed E-state index contributed by atoms with van der Waals surface area (Å²) in [5.41, 5.74) is 0.708. The van der Waals surface area contributed by atoms with E-state index < -0.39 is 0 Å². The number of thiazole rings is 1. The van der Waals surface area contributed by atoms with Crippen LogP contribution in [0.2, 0.25) is 0 Å². The Labute approximate surface area is 178 Å². The highest BCUT2D eigenvalue weighted by molar-refractivity contribution is 7.22. The van der Waals surface area contributed by atoms with Crippen molar-refractivity contribution in [3.05, 3.63) is 52.5 Å². The quantitative estimate of drug-likeness (QED) is 0.446. The number of fused-ring (bicyclic) bond motifs is 1. The summed E-state index contributed by atoms with van der Waals surface area (Å²) in [6.45, 7) is 7.36. The van der Waals surface area contributed by atoms with Crippen molar-refractivity contribution in [1.82, 2.24) is 9.88 Å².